The van der Waals surface area contributed by atoms with Gasteiger partial charge in [0.1, 0.15) is 40.7 Å². The number of aromatic nitrogens is 16. The minimum absolute atomic E-state index is 0.0340. The second-order valence-corrected chi connectivity index (χ2v) is 31.2. The van der Waals surface area contributed by atoms with Gasteiger partial charge in [-0.2, -0.15) is 19.9 Å². The van der Waals surface area contributed by atoms with Crippen LogP contribution in [0.25, 0.3) is 50.4 Å². The Morgan fingerprint density at radius 3 is 1.04 bits per heavy atom. The third kappa shape index (κ3) is 23.9. The molecule has 4 aromatic carbocycles. The van der Waals surface area contributed by atoms with E-state index in [1.807, 2.05) is 43.3 Å². The van der Waals surface area contributed by atoms with Crippen molar-refractivity contribution in [3.63, 3.8) is 0 Å². The molecular formula is C91H102FN29O5. The molecule has 35 heteroatoms. The standard InChI is InChI=1S/C23H24N8O.C23H27N7O2.C23H27N7O.C22H24FN7O/c1-14(32)17-13-28-23(30-20-7-4-3-6-18(20)24)31-22(17)29-15-8-9-19(25-2)16(12-15)21-26-10-5-11-27-21;1-14(31)17-13-27-23(29-19-7-4-3-6-18(19)24)30-22(17)28-15-8-9-20(32-2)16(12-15)21-25-10-5-11-26-21;1-14-10-16(21-25-8-5-9-26-21)12-17(11-14)28-22-18(15(2)31)13-27-23(30-22)29-20-7-4-3-6-19(20)24;1-13(31)16-12-27-22(29-19-6-3-2-5-18(19)24)30-21(16)28-14-7-8-17(23)15(11-14)20-25-9-4-10-26-20/h5,8-13,18,20H,3-4,6-7,24H2,1H3,(H2,28,29,30,31);5,8-13,18-19H,3-4,6-7,24H2,1-2H3,(H2,27,28,29,30);5,8-13,19-20H,3-4,6-7,24H2,1-2H3,(H2,27,28,29,30);4,7-12,18-19H,2-3,5-6,24H2,1H3,(H2,27,28,29,30)/t18-,20+;18-,19+;19-,20+;18-,19+/m0000/s1. The second kappa shape index (κ2) is 43.1. The Morgan fingerprint density at radius 1 is 0.381 bits per heavy atom. The fourth-order valence-electron chi connectivity index (χ4n) is 15.2. The number of hydrogen-bond donors (Lipinski definition) is 12. The van der Waals surface area contributed by atoms with E-state index in [0.717, 1.165) is 131 Å². The molecule has 16 rings (SSSR count). The number of hydrogen-bond acceptors (Lipinski definition) is 33. The van der Waals surface area contributed by atoms with Crippen LogP contribution in [0.2, 0.25) is 0 Å². The third-order valence-electron chi connectivity index (χ3n) is 21.9. The lowest BCUT2D eigenvalue weighted by Gasteiger charge is -2.29. The Hall–Kier alpha value is -14.3. The minimum atomic E-state index is -0.445. The summed E-state index contributed by atoms with van der Waals surface area (Å²) in [6, 6.07) is 28.7. The lowest BCUT2D eigenvalue weighted by molar-refractivity contribution is 0.100. The molecular weight excluding hydrogens is 1600 g/mol. The van der Waals surface area contributed by atoms with Gasteiger partial charge < -0.3 is 70.2 Å². The predicted octanol–water partition coefficient (Wildman–Crippen LogP) is 15.3. The van der Waals surface area contributed by atoms with Gasteiger partial charge >= 0.3 is 0 Å². The first-order valence-electron chi connectivity index (χ1n) is 42.0. The summed E-state index contributed by atoms with van der Waals surface area (Å²) in [6.07, 6.45) is 36.0. The topological polar surface area (TPSA) is 488 Å². The van der Waals surface area contributed by atoms with Crippen LogP contribution in [0.4, 0.5) is 79.9 Å². The maximum Gasteiger partial charge on any atom is 0.224 e. The lowest BCUT2D eigenvalue weighted by Crippen LogP contribution is -2.43. The molecule has 0 bridgehead atoms. The van der Waals surface area contributed by atoms with Gasteiger partial charge in [-0.25, -0.2) is 69.0 Å². The summed E-state index contributed by atoms with van der Waals surface area (Å²) in [5.41, 5.74) is 33.1. The van der Waals surface area contributed by atoms with E-state index < -0.39 is 5.82 Å². The van der Waals surface area contributed by atoms with Gasteiger partial charge in [-0.05, 0) is 183 Å². The highest BCUT2D eigenvalue weighted by Gasteiger charge is 2.29. The molecule has 0 aliphatic heterocycles. The fraction of sp³-hybridized carbons (Fsp3) is 0.330. The number of benzene rings is 4. The van der Waals surface area contributed by atoms with Crippen molar-refractivity contribution in [3.05, 3.63) is 216 Å². The largest absolute Gasteiger partial charge is 0.496 e. The molecule has 8 atom stereocenters. The van der Waals surface area contributed by atoms with E-state index in [0.29, 0.717) is 115 Å². The van der Waals surface area contributed by atoms with Crippen LogP contribution in [-0.4, -0.2) is 158 Å². The van der Waals surface area contributed by atoms with E-state index in [4.69, 9.17) is 34.2 Å². The number of aryl methyl sites for hydroxylation is 1. The molecule has 648 valence electrons. The molecule has 8 aromatic heterocycles. The number of Topliss-reactive ketones (excluding diaryl/α,β-unsaturated/α-hetero) is 4. The zero-order chi connectivity index (χ0) is 88.6. The number of halogens is 1. The van der Waals surface area contributed by atoms with Crippen molar-refractivity contribution in [1.29, 1.82) is 0 Å². The van der Waals surface area contributed by atoms with Crippen LogP contribution < -0.4 is 70.2 Å². The van der Waals surface area contributed by atoms with Gasteiger partial charge in [-0.3, -0.25) is 19.2 Å². The fourth-order valence-corrected chi connectivity index (χ4v) is 15.2. The molecule has 8 heterocycles. The SMILES string of the molecule is CC(=O)c1cnc(N[C@@H]2CCCC[C@@H]2N)nc1Nc1cc(C)cc(-c2ncccn2)c1.CC(=O)c1cnc(N[C@@H]2CCCC[C@@H]2N)nc1Nc1ccc(F)c(-c2ncccn2)c1.COc1ccc(Nc2nc(N[C@@H]3CCCC[C@@H]3N)ncc2C(C)=O)cc1-c1ncccn1.[C-]#[N+]c1ccc(Nc2nc(N[C@@H]3CCCC[C@@H]3N)ncc2C(C)=O)cc1-c1ncccn1. The van der Waals surface area contributed by atoms with Crippen molar-refractivity contribution >= 4 is 98.6 Å². The summed E-state index contributed by atoms with van der Waals surface area (Å²) in [6.45, 7) is 15.4. The van der Waals surface area contributed by atoms with E-state index in [1.54, 1.807) is 124 Å². The van der Waals surface area contributed by atoms with Gasteiger partial charge in [0, 0.05) is 157 Å². The average Bonchev–Trinajstić information content (AvgIpc) is 0.816. The molecule has 16 N–H and O–H groups in total. The molecule has 0 radical (unpaired) electrons. The summed E-state index contributed by atoms with van der Waals surface area (Å²) >= 11 is 0. The Bertz CT molecular complexity index is 5810. The summed E-state index contributed by atoms with van der Waals surface area (Å²) < 4.78 is 19.8. The summed E-state index contributed by atoms with van der Waals surface area (Å²) in [7, 11) is 1.60. The number of nitrogens with one attached hydrogen (secondary N) is 8. The highest BCUT2D eigenvalue weighted by Crippen LogP contribution is 2.37. The molecule has 4 saturated carbocycles. The summed E-state index contributed by atoms with van der Waals surface area (Å²) in [4.78, 5) is 122. The van der Waals surface area contributed by atoms with Gasteiger partial charge in [0.2, 0.25) is 23.8 Å². The van der Waals surface area contributed by atoms with Crippen molar-refractivity contribution in [2.24, 2.45) is 22.9 Å². The smallest absolute Gasteiger partial charge is 0.224 e. The van der Waals surface area contributed by atoms with E-state index in [-0.39, 0.29) is 82.9 Å². The summed E-state index contributed by atoms with van der Waals surface area (Å²) in [5, 5.41) is 26.2. The molecule has 34 nitrogen and oxygen atoms in total. The van der Waals surface area contributed by atoms with E-state index >= 15 is 0 Å². The maximum absolute atomic E-state index is 14.4. The van der Waals surface area contributed by atoms with Crippen molar-refractivity contribution < 1.29 is 28.3 Å². The molecule has 0 saturated heterocycles. The Morgan fingerprint density at radius 2 is 0.690 bits per heavy atom. The lowest BCUT2D eigenvalue weighted by atomic mass is 9.91. The van der Waals surface area contributed by atoms with Crippen molar-refractivity contribution in [1.82, 2.24) is 79.7 Å². The number of nitrogens with two attached hydrogens (primary N) is 4. The minimum Gasteiger partial charge on any atom is -0.496 e. The number of anilines is 12. The number of rotatable bonds is 25. The first kappa shape index (κ1) is 89.4. The van der Waals surface area contributed by atoms with Crippen LogP contribution in [0.3, 0.4) is 0 Å². The van der Waals surface area contributed by atoms with Crippen LogP contribution in [0, 0.1) is 19.3 Å². The van der Waals surface area contributed by atoms with Crippen molar-refractivity contribution in [2.75, 3.05) is 49.6 Å². The van der Waals surface area contributed by atoms with Gasteiger partial charge in [-0.1, -0.05) is 57.4 Å². The zero-order valence-electron chi connectivity index (χ0n) is 70.9. The molecule has 126 heavy (non-hydrogen) atoms. The maximum atomic E-state index is 14.4. The van der Waals surface area contributed by atoms with Crippen LogP contribution >= 0.6 is 0 Å². The second-order valence-electron chi connectivity index (χ2n) is 31.2. The predicted molar refractivity (Wildman–Crippen MR) is 484 cm³/mol. The van der Waals surface area contributed by atoms with Crippen LogP contribution in [0.15, 0.2) is 171 Å². The first-order valence-corrected chi connectivity index (χ1v) is 42.0. The third-order valence-corrected chi connectivity index (χ3v) is 21.9. The van der Waals surface area contributed by atoms with Gasteiger partial charge in [0.25, 0.3) is 0 Å². The molecule has 4 aliphatic carbocycles. The number of methoxy groups -OCH3 is 1. The normalized spacial score (nSPS) is 18.2. The molecule has 0 spiro atoms. The Kier molecular flexibility index (Phi) is 30.6. The highest BCUT2D eigenvalue weighted by atomic mass is 19.1. The average molecular weight is 1700 g/mol. The molecule has 0 amide bonds. The number of nitrogens with zero attached hydrogens (tertiary/aromatic N) is 17. The first-order chi connectivity index (χ1) is 61.1. The number of carbonyl (C=O) groups is 4. The quantitative estimate of drug-likeness (QED) is 0.0187. The molecule has 0 unspecified atom stereocenters. The van der Waals surface area contributed by atoms with E-state index in [1.165, 1.54) is 46.2 Å². The number of ketones is 4. The Balaban J connectivity index is 0.000000144. The van der Waals surface area contributed by atoms with Gasteiger partial charge in [-0.15, -0.1) is 0 Å². The summed E-state index contributed by atoms with van der Waals surface area (Å²) in [5.74, 6) is 4.84. The number of ether oxygens (including phenoxy) is 1. The van der Waals surface area contributed by atoms with Crippen LogP contribution in [-0.2, 0) is 0 Å². The van der Waals surface area contributed by atoms with Crippen LogP contribution in [0.1, 0.15) is 177 Å². The highest BCUT2D eigenvalue weighted by molar-refractivity contribution is 6.01. The van der Waals surface area contributed by atoms with Gasteiger partial charge in [0.15, 0.2) is 46.3 Å². The van der Waals surface area contributed by atoms with E-state index in [2.05, 4.69) is 127 Å². The molecule has 12 aromatic rings. The van der Waals surface area contributed by atoms with Crippen molar-refractivity contribution in [3.8, 4) is 51.3 Å². The molecule has 4 fully saturated rings. The van der Waals surface area contributed by atoms with Crippen LogP contribution in [0.5, 0.6) is 5.75 Å². The molecule has 4 aliphatic rings. The number of carbonyl (C=O) groups excluding carboxylic acids is 4. The Labute approximate surface area is 729 Å². The zero-order valence-corrected chi connectivity index (χ0v) is 70.9. The van der Waals surface area contributed by atoms with E-state index in [9.17, 15) is 23.6 Å². The van der Waals surface area contributed by atoms with Crippen molar-refractivity contribution in [2.45, 2.75) is 186 Å². The monoisotopic (exact) mass is 1700 g/mol. The van der Waals surface area contributed by atoms with Gasteiger partial charge in [0.05, 0.1) is 47.1 Å².